The second-order valence-electron chi connectivity index (χ2n) is 6.16. The maximum Gasteiger partial charge on any atom is 0.264 e. The summed E-state index contributed by atoms with van der Waals surface area (Å²) in [7, 11) is -4.07. The lowest BCUT2D eigenvalue weighted by atomic mass is 10.2. The highest BCUT2D eigenvalue weighted by molar-refractivity contribution is 7.92. The Morgan fingerprint density at radius 1 is 1.07 bits per heavy atom. The predicted octanol–water partition coefficient (Wildman–Crippen LogP) is 3.24. The largest absolute Gasteiger partial charge is 0.467 e. The number of nitrogens with one attached hydrogen (secondary N) is 1. The van der Waals surface area contributed by atoms with Gasteiger partial charge in [-0.2, -0.15) is 0 Å². The second kappa shape index (κ2) is 8.26. The predicted molar refractivity (Wildman–Crippen MR) is 103 cm³/mol. The van der Waals surface area contributed by atoms with Gasteiger partial charge in [0, 0.05) is 0 Å². The zero-order valence-electron chi connectivity index (χ0n) is 15.1. The number of furan rings is 1. The van der Waals surface area contributed by atoms with Gasteiger partial charge in [-0.3, -0.25) is 9.10 Å². The molecule has 0 spiro atoms. The smallest absolute Gasteiger partial charge is 0.264 e. The number of anilines is 1. The Hall–Kier alpha value is -3.13. The van der Waals surface area contributed by atoms with E-state index in [0.717, 1.165) is 22.0 Å². The van der Waals surface area contributed by atoms with E-state index in [0.29, 0.717) is 11.4 Å². The topological polar surface area (TPSA) is 79.6 Å². The minimum absolute atomic E-state index is 0.103. The number of carbonyl (C=O) groups is 1. The van der Waals surface area contributed by atoms with Crippen molar-refractivity contribution in [2.45, 2.75) is 18.4 Å². The highest BCUT2D eigenvalue weighted by atomic mass is 32.2. The van der Waals surface area contributed by atoms with Gasteiger partial charge in [0.1, 0.15) is 18.1 Å². The molecular formula is C20H19FN2O4S. The minimum Gasteiger partial charge on any atom is -0.467 e. The van der Waals surface area contributed by atoms with Gasteiger partial charge in [-0.1, -0.05) is 17.7 Å². The average molecular weight is 402 g/mol. The maximum atomic E-state index is 13.2. The summed E-state index contributed by atoms with van der Waals surface area (Å²) in [5.41, 5.74) is 1.29. The molecule has 3 aromatic rings. The van der Waals surface area contributed by atoms with Crippen molar-refractivity contribution in [1.82, 2.24) is 5.32 Å². The summed E-state index contributed by atoms with van der Waals surface area (Å²) in [4.78, 5) is 12.3. The second-order valence-corrected chi connectivity index (χ2v) is 8.02. The van der Waals surface area contributed by atoms with Gasteiger partial charge < -0.3 is 9.73 Å². The van der Waals surface area contributed by atoms with Crippen LogP contribution in [0.25, 0.3) is 0 Å². The molecule has 0 fully saturated rings. The molecule has 0 unspecified atom stereocenters. The van der Waals surface area contributed by atoms with E-state index in [-0.39, 0.29) is 11.4 Å². The van der Waals surface area contributed by atoms with E-state index in [4.69, 9.17) is 4.42 Å². The molecule has 2 aromatic carbocycles. The Morgan fingerprint density at radius 3 is 2.36 bits per heavy atom. The van der Waals surface area contributed by atoms with E-state index in [9.17, 15) is 17.6 Å². The van der Waals surface area contributed by atoms with Crippen molar-refractivity contribution in [3.8, 4) is 0 Å². The number of amides is 1. The number of nitrogens with zero attached hydrogens (tertiary/aromatic N) is 1. The molecule has 1 aromatic heterocycles. The first-order valence-electron chi connectivity index (χ1n) is 8.50. The van der Waals surface area contributed by atoms with Crippen molar-refractivity contribution >= 4 is 21.6 Å². The molecule has 0 aliphatic rings. The quantitative estimate of drug-likeness (QED) is 0.658. The van der Waals surface area contributed by atoms with Gasteiger partial charge in [0.25, 0.3) is 10.0 Å². The van der Waals surface area contributed by atoms with E-state index < -0.39 is 28.3 Å². The van der Waals surface area contributed by atoms with Crippen LogP contribution in [0.2, 0.25) is 0 Å². The molecule has 1 amide bonds. The zero-order valence-corrected chi connectivity index (χ0v) is 15.9. The van der Waals surface area contributed by atoms with E-state index in [1.165, 1.54) is 18.4 Å². The first-order chi connectivity index (χ1) is 13.4. The molecule has 0 saturated heterocycles. The van der Waals surface area contributed by atoms with Crippen LogP contribution in [-0.4, -0.2) is 20.9 Å². The van der Waals surface area contributed by atoms with Crippen LogP contribution in [0, 0.1) is 12.7 Å². The summed E-state index contributed by atoms with van der Waals surface area (Å²) in [6.07, 6.45) is 1.49. The Labute approximate surface area is 162 Å². The van der Waals surface area contributed by atoms with Gasteiger partial charge in [-0.15, -0.1) is 0 Å². The molecule has 3 rings (SSSR count). The standard InChI is InChI=1S/C20H19FN2O4S/c1-15-4-8-17(9-5-15)23(14-20(24)22-13-18-3-2-12-27-18)28(25,26)19-10-6-16(21)7-11-19/h2-12H,13-14H2,1H3,(H,22,24). The van der Waals surface area contributed by atoms with Crippen molar-refractivity contribution in [1.29, 1.82) is 0 Å². The minimum atomic E-state index is -4.07. The van der Waals surface area contributed by atoms with Gasteiger partial charge in [0.15, 0.2) is 0 Å². The Kier molecular flexibility index (Phi) is 5.79. The molecule has 146 valence electrons. The van der Waals surface area contributed by atoms with E-state index >= 15 is 0 Å². The van der Waals surface area contributed by atoms with Gasteiger partial charge >= 0.3 is 0 Å². The third-order valence-electron chi connectivity index (χ3n) is 4.05. The number of rotatable bonds is 7. The zero-order chi connectivity index (χ0) is 20.1. The molecule has 8 heteroatoms. The average Bonchev–Trinajstić information content (AvgIpc) is 3.19. The molecule has 1 N–H and O–H groups in total. The number of hydrogen-bond acceptors (Lipinski definition) is 4. The Morgan fingerprint density at radius 2 is 1.75 bits per heavy atom. The highest BCUT2D eigenvalue weighted by Gasteiger charge is 2.27. The summed E-state index contributed by atoms with van der Waals surface area (Å²) in [6, 6.07) is 14.6. The lowest BCUT2D eigenvalue weighted by Gasteiger charge is -2.24. The molecule has 0 bridgehead atoms. The van der Waals surface area contributed by atoms with Crippen LogP contribution in [-0.2, 0) is 21.4 Å². The molecule has 0 aliphatic heterocycles. The lowest BCUT2D eigenvalue weighted by Crippen LogP contribution is -2.40. The Balaban J connectivity index is 1.87. The van der Waals surface area contributed by atoms with Gasteiger partial charge in [-0.05, 0) is 55.5 Å². The van der Waals surface area contributed by atoms with Crippen molar-refractivity contribution in [2.75, 3.05) is 10.8 Å². The highest BCUT2D eigenvalue weighted by Crippen LogP contribution is 2.24. The summed E-state index contributed by atoms with van der Waals surface area (Å²) < 4.78 is 45.6. The molecule has 0 radical (unpaired) electrons. The monoisotopic (exact) mass is 402 g/mol. The molecule has 28 heavy (non-hydrogen) atoms. The summed E-state index contributed by atoms with van der Waals surface area (Å²) in [5, 5.41) is 2.63. The molecule has 6 nitrogen and oxygen atoms in total. The summed E-state index contributed by atoms with van der Waals surface area (Å²) >= 11 is 0. The van der Waals surface area contributed by atoms with Crippen LogP contribution in [0.3, 0.4) is 0 Å². The van der Waals surface area contributed by atoms with E-state index in [2.05, 4.69) is 5.32 Å². The number of sulfonamides is 1. The third kappa shape index (κ3) is 4.58. The van der Waals surface area contributed by atoms with Crippen molar-refractivity contribution in [3.63, 3.8) is 0 Å². The third-order valence-corrected chi connectivity index (χ3v) is 5.84. The van der Waals surface area contributed by atoms with Gasteiger partial charge in [0.05, 0.1) is 23.4 Å². The van der Waals surface area contributed by atoms with Crippen LogP contribution in [0.15, 0.2) is 76.2 Å². The Bertz CT molecular complexity index is 1030. The number of hydrogen-bond donors (Lipinski definition) is 1. The SMILES string of the molecule is Cc1ccc(N(CC(=O)NCc2ccco2)S(=O)(=O)c2ccc(F)cc2)cc1. The van der Waals surface area contributed by atoms with Gasteiger partial charge in [-0.25, -0.2) is 12.8 Å². The molecule has 1 heterocycles. The molecule has 0 aliphatic carbocycles. The maximum absolute atomic E-state index is 13.2. The molecule has 0 atom stereocenters. The van der Waals surface area contributed by atoms with E-state index in [1.54, 1.807) is 36.4 Å². The summed E-state index contributed by atoms with van der Waals surface area (Å²) in [5.74, 6) is -0.490. The number of aryl methyl sites for hydroxylation is 1. The fourth-order valence-electron chi connectivity index (χ4n) is 2.55. The van der Waals surface area contributed by atoms with Crippen LogP contribution in [0.4, 0.5) is 10.1 Å². The number of carbonyl (C=O) groups excluding carboxylic acids is 1. The van der Waals surface area contributed by atoms with Crippen LogP contribution in [0.5, 0.6) is 0 Å². The summed E-state index contributed by atoms with van der Waals surface area (Å²) in [6.45, 7) is 1.59. The normalized spacial score (nSPS) is 11.2. The van der Waals surface area contributed by atoms with Crippen LogP contribution in [0.1, 0.15) is 11.3 Å². The lowest BCUT2D eigenvalue weighted by molar-refractivity contribution is -0.119. The van der Waals surface area contributed by atoms with Crippen molar-refractivity contribution < 1.29 is 22.0 Å². The van der Waals surface area contributed by atoms with Crippen LogP contribution >= 0.6 is 0 Å². The molecule has 0 saturated carbocycles. The number of benzene rings is 2. The van der Waals surface area contributed by atoms with Crippen molar-refractivity contribution in [3.05, 3.63) is 84.1 Å². The van der Waals surface area contributed by atoms with Crippen LogP contribution < -0.4 is 9.62 Å². The molecular weight excluding hydrogens is 383 g/mol. The van der Waals surface area contributed by atoms with Crippen molar-refractivity contribution in [2.24, 2.45) is 0 Å². The van der Waals surface area contributed by atoms with Gasteiger partial charge in [0.2, 0.25) is 5.91 Å². The fraction of sp³-hybridized carbons (Fsp3) is 0.150. The fourth-order valence-corrected chi connectivity index (χ4v) is 3.97. The van der Waals surface area contributed by atoms with E-state index in [1.807, 2.05) is 6.92 Å². The first kappa shape index (κ1) is 19.6. The number of halogens is 1. The first-order valence-corrected chi connectivity index (χ1v) is 9.94.